The first-order valence-electron chi connectivity index (χ1n) is 5.18. The average Bonchev–Trinajstić information content (AvgIpc) is 2.20. The third-order valence-electron chi connectivity index (χ3n) is 2.68. The van der Waals surface area contributed by atoms with Crippen molar-refractivity contribution >= 4 is 11.6 Å². The lowest BCUT2D eigenvalue weighted by Gasteiger charge is -2.29. The molecule has 1 aromatic carbocycles. The van der Waals surface area contributed by atoms with E-state index in [1.54, 1.807) is 0 Å². The zero-order valence-corrected chi connectivity index (χ0v) is 10.3. The van der Waals surface area contributed by atoms with E-state index in [9.17, 15) is 0 Å². The molecule has 1 rings (SSSR count). The lowest BCUT2D eigenvalue weighted by Crippen LogP contribution is -2.30. The molecule has 1 aromatic rings. The Morgan fingerprint density at radius 2 is 1.80 bits per heavy atom. The maximum atomic E-state index is 5.87. The van der Waals surface area contributed by atoms with E-state index in [1.165, 1.54) is 5.56 Å². The fraction of sp³-hybridized carbons (Fsp3) is 0.500. The molecule has 84 valence electrons. The van der Waals surface area contributed by atoms with Gasteiger partial charge in [0.15, 0.2) is 0 Å². The van der Waals surface area contributed by atoms with Crippen molar-refractivity contribution in [1.29, 1.82) is 0 Å². The molecular weight excluding hydrogens is 208 g/mol. The molecule has 0 saturated carbocycles. The number of rotatable bonds is 4. The molecule has 0 saturated heterocycles. The van der Waals surface area contributed by atoms with Crippen molar-refractivity contribution in [2.45, 2.75) is 13.0 Å². The van der Waals surface area contributed by atoms with Gasteiger partial charge in [-0.05, 0) is 44.3 Å². The van der Waals surface area contributed by atoms with Crippen molar-refractivity contribution in [2.24, 2.45) is 11.7 Å². The van der Waals surface area contributed by atoms with Crippen molar-refractivity contribution in [3.8, 4) is 0 Å². The number of hydrogen-bond donors (Lipinski definition) is 1. The van der Waals surface area contributed by atoms with Crippen LogP contribution in [0.2, 0.25) is 5.02 Å². The fourth-order valence-electron chi connectivity index (χ4n) is 1.92. The molecule has 0 amide bonds. The molecule has 0 heterocycles. The van der Waals surface area contributed by atoms with E-state index in [-0.39, 0.29) is 0 Å². The van der Waals surface area contributed by atoms with Crippen LogP contribution in [0.5, 0.6) is 0 Å². The molecule has 0 aliphatic heterocycles. The Balaban J connectivity index is 2.94. The first kappa shape index (κ1) is 12.5. The molecular formula is C12H19ClN2. The van der Waals surface area contributed by atoms with E-state index in [4.69, 9.17) is 17.3 Å². The SMILES string of the molecule is CC(CN)C(c1ccc(Cl)cc1)N(C)C. The molecule has 0 fully saturated rings. The smallest absolute Gasteiger partial charge is 0.0406 e. The fourth-order valence-corrected chi connectivity index (χ4v) is 2.05. The number of nitrogens with two attached hydrogens (primary N) is 1. The lowest BCUT2D eigenvalue weighted by molar-refractivity contribution is 0.227. The summed E-state index contributed by atoms with van der Waals surface area (Å²) in [7, 11) is 4.15. The van der Waals surface area contributed by atoms with E-state index >= 15 is 0 Å². The minimum atomic E-state index is 0.354. The van der Waals surface area contributed by atoms with Crippen molar-refractivity contribution in [3.05, 3.63) is 34.9 Å². The molecule has 0 radical (unpaired) electrons. The van der Waals surface area contributed by atoms with Crippen LogP contribution in [0.15, 0.2) is 24.3 Å². The van der Waals surface area contributed by atoms with Gasteiger partial charge in [0.1, 0.15) is 0 Å². The largest absolute Gasteiger partial charge is 0.330 e. The van der Waals surface area contributed by atoms with Gasteiger partial charge >= 0.3 is 0 Å². The Hall–Kier alpha value is -0.570. The summed E-state index contributed by atoms with van der Waals surface area (Å²) in [6.45, 7) is 2.85. The van der Waals surface area contributed by atoms with Crippen LogP contribution >= 0.6 is 11.6 Å². The number of hydrogen-bond acceptors (Lipinski definition) is 2. The lowest BCUT2D eigenvalue weighted by atomic mass is 9.94. The molecule has 3 heteroatoms. The van der Waals surface area contributed by atoms with E-state index < -0.39 is 0 Å². The van der Waals surface area contributed by atoms with Crippen LogP contribution in [0, 0.1) is 5.92 Å². The predicted octanol–water partition coefficient (Wildman–Crippen LogP) is 2.54. The zero-order chi connectivity index (χ0) is 11.4. The maximum Gasteiger partial charge on any atom is 0.0406 e. The van der Waals surface area contributed by atoms with Crippen LogP contribution in [0.1, 0.15) is 18.5 Å². The van der Waals surface area contributed by atoms with E-state index in [0.29, 0.717) is 18.5 Å². The summed E-state index contributed by atoms with van der Waals surface area (Å²) in [5.41, 5.74) is 6.99. The summed E-state index contributed by atoms with van der Waals surface area (Å²) in [6.07, 6.45) is 0. The van der Waals surface area contributed by atoms with Gasteiger partial charge in [-0.2, -0.15) is 0 Å². The average molecular weight is 227 g/mol. The van der Waals surface area contributed by atoms with Crippen molar-refractivity contribution in [3.63, 3.8) is 0 Å². The molecule has 0 bridgehead atoms. The summed E-state index contributed by atoms with van der Waals surface area (Å²) in [5.74, 6) is 0.432. The Bertz CT molecular complexity index is 295. The molecule has 15 heavy (non-hydrogen) atoms. The number of benzene rings is 1. The molecule has 0 aromatic heterocycles. The molecule has 2 atom stereocenters. The minimum absolute atomic E-state index is 0.354. The second-order valence-corrected chi connectivity index (χ2v) is 4.61. The third kappa shape index (κ3) is 3.20. The van der Waals surface area contributed by atoms with Gasteiger partial charge in [-0.3, -0.25) is 0 Å². The van der Waals surface area contributed by atoms with Crippen molar-refractivity contribution < 1.29 is 0 Å². The number of nitrogens with zero attached hydrogens (tertiary/aromatic N) is 1. The molecule has 2 nitrogen and oxygen atoms in total. The monoisotopic (exact) mass is 226 g/mol. The highest BCUT2D eigenvalue weighted by Gasteiger charge is 2.19. The Kier molecular flexibility index (Phi) is 4.58. The second kappa shape index (κ2) is 5.50. The minimum Gasteiger partial charge on any atom is -0.330 e. The molecule has 0 spiro atoms. The van der Waals surface area contributed by atoms with Gasteiger partial charge in [-0.25, -0.2) is 0 Å². The maximum absolute atomic E-state index is 5.87. The highest BCUT2D eigenvalue weighted by atomic mass is 35.5. The van der Waals surface area contributed by atoms with Crippen LogP contribution in [0.25, 0.3) is 0 Å². The molecule has 2 unspecified atom stereocenters. The van der Waals surface area contributed by atoms with E-state index in [1.807, 2.05) is 12.1 Å². The zero-order valence-electron chi connectivity index (χ0n) is 9.57. The highest BCUT2D eigenvalue weighted by molar-refractivity contribution is 6.30. The van der Waals surface area contributed by atoms with E-state index in [0.717, 1.165) is 5.02 Å². The summed E-state index contributed by atoms with van der Waals surface area (Å²) in [5, 5.41) is 0.775. The normalized spacial score (nSPS) is 15.3. The van der Waals surface area contributed by atoms with Gasteiger partial charge in [-0.15, -0.1) is 0 Å². The Morgan fingerprint density at radius 1 is 1.27 bits per heavy atom. The number of halogens is 1. The van der Waals surface area contributed by atoms with Crippen LogP contribution in [0.4, 0.5) is 0 Å². The quantitative estimate of drug-likeness (QED) is 0.855. The Labute approximate surface area is 97.0 Å². The third-order valence-corrected chi connectivity index (χ3v) is 2.93. The summed E-state index contributed by atoms with van der Waals surface area (Å²) < 4.78 is 0. The van der Waals surface area contributed by atoms with Crippen LogP contribution in [-0.2, 0) is 0 Å². The predicted molar refractivity (Wildman–Crippen MR) is 66.1 cm³/mol. The van der Waals surface area contributed by atoms with Gasteiger partial charge < -0.3 is 10.6 Å². The first-order chi connectivity index (χ1) is 7.06. The first-order valence-corrected chi connectivity index (χ1v) is 5.56. The van der Waals surface area contributed by atoms with Gasteiger partial charge in [-0.1, -0.05) is 30.7 Å². The van der Waals surface area contributed by atoms with Crippen LogP contribution in [0.3, 0.4) is 0 Å². The van der Waals surface area contributed by atoms with Gasteiger partial charge in [0, 0.05) is 11.1 Å². The standard InChI is InChI=1S/C12H19ClN2/c1-9(8-14)12(15(2)3)10-4-6-11(13)7-5-10/h4-7,9,12H,8,14H2,1-3H3. The molecule has 0 aliphatic rings. The summed E-state index contributed by atoms with van der Waals surface area (Å²) >= 11 is 5.87. The molecule has 0 aliphatic carbocycles. The van der Waals surface area contributed by atoms with Gasteiger partial charge in [0.2, 0.25) is 0 Å². The van der Waals surface area contributed by atoms with Crippen LogP contribution in [-0.4, -0.2) is 25.5 Å². The summed E-state index contributed by atoms with van der Waals surface area (Å²) in [6, 6.07) is 8.35. The Morgan fingerprint density at radius 3 is 2.20 bits per heavy atom. The van der Waals surface area contributed by atoms with Crippen molar-refractivity contribution in [2.75, 3.05) is 20.6 Å². The van der Waals surface area contributed by atoms with Gasteiger partial charge in [0.25, 0.3) is 0 Å². The molecule has 2 N–H and O–H groups in total. The van der Waals surface area contributed by atoms with Crippen molar-refractivity contribution in [1.82, 2.24) is 4.90 Å². The van der Waals surface area contributed by atoms with Gasteiger partial charge in [0.05, 0.1) is 0 Å². The topological polar surface area (TPSA) is 29.3 Å². The van der Waals surface area contributed by atoms with E-state index in [2.05, 4.69) is 38.1 Å². The highest BCUT2D eigenvalue weighted by Crippen LogP contribution is 2.26. The van der Waals surface area contributed by atoms with Crippen LogP contribution < -0.4 is 5.73 Å². The second-order valence-electron chi connectivity index (χ2n) is 4.17. The summed E-state index contributed by atoms with van der Waals surface area (Å²) in [4.78, 5) is 2.20.